The second-order valence-electron chi connectivity index (χ2n) is 17.0. The molecule has 0 aromatic heterocycles. The first kappa shape index (κ1) is 40.5. The predicted octanol–water partition coefficient (Wildman–Crippen LogP) is 6.01. The van der Waals surface area contributed by atoms with Crippen molar-refractivity contribution >= 4 is 29.7 Å². The van der Waals surface area contributed by atoms with E-state index in [-0.39, 0.29) is 37.1 Å². The number of carbonyl (C=O) groups is 4. The minimum Gasteiger partial charge on any atom is -0.400 e. The van der Waals surface area contributed by atoms with E-state index in [0.29, 0.717) is 41.3 Å². The van der Waals surface area contributed by atoms with Crippen molar-refractivity contribution in [2.75, 3.05) is 58.3 Å². The van der Waals surface area contributed by atoms with Crippen LogP contribution in [-0.4, -0.2) is 103 Å². The molecular formula is C49H57N5O5. The molecule has 308 valence electrons. The van der Waals surface area contributed by atoms with Gasteiger partial charge in [0.1, 0.15) is 12.3 Å². The zero-order chi connectivity index (χ0) is 41.0. The lowest BCUT2D eigenvalue weighted by Crippen LogP contribution is -2.53. The number of rotatable bonds is 12. The number of piperidine rings is 1. The number of nitrogens with one attached hydrogen (secondary N) is 1. The van der Waals surface area contributed by atoms with Gasteiger partial charge in [-0.1, -0.05) is 66.7 Å². The summed E-state index contributed by atoms with van der Waals surface area (Å²) in [5.41, 5.74) is 10.0. The lowest BCUT2D eigenvalue weighted by atomic mass is 9.69. The molecule has 5 aliphatic rings. The maximum atomic E-state index is 13.5. The molecule has 3 unspecified atom stereocenters. The van der Waals surface area contributed by atoms with Crippen LogP contribution in [0.2, 0.25) is 0 Å². The maximum Gasteiger partial charge on any atom is 0.255 e. The Labute approximate surface area is 348 Å². The van der Waals surface area contributed by atoms with Crippen molar-refractivity contribution in [3.63, 3.8) is 0 Å². The lowest BCUT2D eigenvalue weighted by molar-refractivity contribution is -0.125. The van der Waals surface area contributed by atoms with E-state index in [9.17, 15) is 19.2 Å². The Kier molecular flexibility index (Phi) is 12.3. The number of aryl methyl sites for hydroxylation is 1. The van der Waals surface area contributed by atoms with Gasteiger partial charge in [0.05, 0.1) is 0 Å². The van der Waals surface area contributed by atoms with Crippen molar-refractivity contribution in [1.29, 1.82) is 0 Å². The number of hydrogen-bond acceptors (Lipinski definition) is 7. The normalized spacial score (nSPS) is 20.9. The maximum absolute atomic E-state index is 13.5. The fourth-order valence-corrected chi connectivity index (χ4v) is 10.5. The third-order valence-corrected chi connectivity index (χ3v) is 13.5. The molecule has 10 nitrogen and oxygen atoms in total. The van der Waals surface area contributed by atoms with Gasteiger partial charge in [0, 0.05) is 102 Å². The fourth-order valence-electron chi connectivity index (χ4n) is 10.5. The smallest absolute Gasteiger partial charge is 0.255 e. The molecule has 4 heterocycles. The van der Waals surface area contributed by atoms with Crippen molar-refractivity contribution in [3.8, 4) is 0 Å². The largest absolute Gasteiger partial charge is 0.400 e. The molecule has 0 radical (unpaired) electrons. The number of likely N-dealkylation sites (tertiary alicyclic amines) is 1. The molecule has 0 spiro atoms. The van der Waals surface area contributed by atoms with Crippen LogP contribution in [0.4, 0.5) is 5.69 Å². The molecule has 2 N–H and O–H groups in total. The fraction of sp³-hybridized carbons (Fsp3) is 0.429. The molecule has 4 aromatic carbocycles. The minimum absolute atomic E-state index is 0.0286. The van der Waals surface area contributed by atoms with E-state index < -0.39 is 6.04 Å². The van der Waals surface area contributed by atoms with Crippen LogP contribution in [-0.2, 0) is 29.1 Å². The van der Waals surface area contributed by atoms with Crippen molar-refractivity contribution in [1.82, 2.24) is 20.0 Å². The van der Waals surface area contributed by atoms with Crippen LogP contribution in [0.5, 0.6) is 0 Å². The van der Waals surface area contributed by atoms with E-state index in [2.05, 4.69) is 94.0 Å². The summed E-state index contributed by atoms with van der Waals surface area (Å²) < 4.78 is 0. The van der Waals surface area contributed by atoms with Crippen LogP contribution in [0.25, 0.3) is 0 Å². The quantitative estimate of drug-likeness (QED) is 0.169. The predicted molar refractivity (Wildman–Crippen MR) is 229 cm³/mol. The SMILES string of the molecule is CNC(=O)C(CCC=O)N1Cc2cc3c(cc2C1=O)CN(CC1CN(CC2CCN(c4ccc(C5c6ccccc6CCC5c5ccccc5)cc4)CC2)C1)C3=O.CO. The molecule has 0 bridgehead atoms. The van der Waals surface area contributed by atoms with E-state index in [1.165, 1.54) is 59.2 Å². The first-order valence-corrected chi connectivity index (χ1v) is 21.4. The van der Waals surface area contributed by atoms with Gasteiger partial charge in [0.2, 0.25) is 5.91 Å². The van der Waals surface area contributed by atoms with Crippen LogP contribution < -0.4 is 10.2 Å². The van der Waals surface area contributed by atoms with Gasteiger partial charge >= 0.3 is 0 Å². The molecule has 4 aromatic rings. The molecule has 9 rings (SSSR count). The van der Waals surface area contributed by atoms with Crippen molar-refractivity contribution in [2.45, 2.75) is 69.5 Å². The van der Waals surface area contributed by atoms with Gasteiger partial charge in [-0.15, -0.1) is 0 Å². The number of aliphatic hydroxyl groups excluding tert-OH is 1. The molecule has 2 saturated heterocycles. The zero-order valence-corrected chi connectivity index (χ0v) is 34.4. The molecule has 59 heavy (non-hydrogen) atoms. The van der Waals surface area contributed by atoms with E-state index in [1.807, 2.05) is 17.0 Å². The second kappa shape index (κ2) is 17.9. The summed E-state index contributed by atoms with van der Waals surface area (Å²) in [7, 11) is 2.54. The monoisotopic (exact) mass is 795 g/mol. The van der Waals surface area contributed by atoms with Crippen LogP contribution in [0.3, 0.4) is 0 Å². The number of likely N-dealkylation sites (N-methyl/N-ethyl adjacent to an activating group) is 1. The molecular weight excluding hydrogens is 739 g/mol. The molecule has 2 fully saturated rings. The zero-order valence-electron chi connectivity index (χ0n) is 34.4. The van der Waals surface area contributed by atoms with Crippen LogP contribution >= 0.6 is 0 Å². The van der Waals surface area contributed by atoms with Gasteiger partial charge in [0.15, 0.2) is 0 Å². The number of aldehydes is 1. The topological polar surface area (TPSA) is 113 Å². The summed E-state index contributed by atoms with van der Waals surface area (Å²) in [5, 5.41) is 9.62. The first-order valence-electron chi connectivity index (χ1n) is 21.4. The third-order valence-electron chi connectivity index (χ3n) is 13.5. The Morgan fingerprint density at radius 3 is 2.17 bits per heavy atom. The number of nitrogens with zero attached hydrogens (tertiary/aromatic N) is 4. The Morgan fingerprint density at radius 2 is 1.46 bits per heavy atom. The number of carbonyl (C=O) groups excluding carboxylic acids is 4. The lowest BCUT2D eigenvalue weighted by Gasteiger charge is -2.44. The van der Waals surface area contributed by atoms with Crippen LogP contribution in [0, 0.1) is 11.8 Å². The number of aliphatic hydroxyl groups is 1. The van der Waals surface area contributed by atoms with Gasteiger partial charge in [-0.05, 0) is 102 Å². The van der Waals surface area contributed by atoms with Crippen LogP contribution in [0.1, 0.15) is 98.0 Å². The summed E-state index contributed by atoms with van der Waals surface area (Å²) in [5.74, 6) is 1.52. The van der Waals surface area contributed by atoms with Gasteiger partial charge < -0.3 is 34.8 Å². The highest BCUT2D eigenvalue weighted by atomic mass is 16.2. The summed E-state index contributed by atoms with van der Waals surface area (Å²) >= 11 is 0. The van der Waals surface area contributed by atoms with Crippen molar-refractivity contribution in [3.05, 3.63) is 136 Å². The molecule has 3 amide bonds. The van der Waals surface area contributed by atoms with Gasteiger partial charge in [0.25, 0.3) is 11.8 Å². The highest BCUT2D eigenvalue weighted by Crippen LogP contribution is 2.46. The highest BCUT2D eigenvalue weighted by Gasteiger charge is 2.40. The molecule has 1 aliphatic carbocycles. The molecule has 10 heteroatoms. The molecule has 0 saturated carbocycles. The van der Waals surface area contributed by atoms with Gasteiger partial charge in [-0.3, -0.25) is 14.4 Å². The number of hydrogen-bond donors (Lipinski definition) is 2. The second-order valence-corrected chi connectivity index (χ2v) is 17.0. The summed E-state index contributed by atoms with van der Waals surface area (Å²) in [6, 6.07) is 32.6. The van der Waals surface area contributed by atoms with Gasteiger partial charge in [-0.2, -0.15) is 0 Å². The average Bonchev–Trinajstić information content (AvgIpc) is 3.76. The Hall–Kier alpha value is -5.32. The minimum atomic E-state index is -0.714. The highest BCUT2D eigenvalue weighted by molar-refractivity contribution is 6.05. The van der Waals surface area contributed by atoms with Gasteiger partial charge in [-0.25, -0.2) is 0 Å². The summed E-state index contributed by atoms with van der Waals surface area (Å²) in [6.07, 6.45) is 5.92. The Morgan fingerprint density at radius 1 is 0.780 bits per heavy atom. The number of fused-ring (bicyclic) bond motifs is 3. The Bertz CT molecular complexity index is 2140. The summed E-state index contributed by atoms with van der Waals surface area (Å²) in [4.78, 5) is 59.1. The molecule has 4 aliphatic heterocycles. The van der Waals surface area contributed by atoms with Crippen LogP contribution in [0.15, 0.2) is 91.0 Å². The standard InChI is InChI=1S/C48H53N5O4.CH4O/c1-49-46(55)44(12-7-23-54)53-31-38-25-42-37(24-43(38)48(53)57)30-52(47(42)56)29-33-27-50(28-33)26-32-19-21-51(22-20-32)39-16-13-36(14-17-39)45-40-11-6-5-10-35(40)15-18-41(45)34-8-3-2-4-9-34;1-2/h2-6,8-11,13-14,16-17,23-25,32-33,41,44-45H,7,12,15,18-22,26-31H2,1H3,(H,49,55);2H,1H3. The van der Waals surface area contributed by atoms with E-state index in [0.717, 1.165) is 70.2 Å². The Balaban J connectivity index is 0.00000238. The van der Waals surface area contributed by atoms with Crippen molar-refractivity contribution in [2.24, 2.45) is 11.8 Å². The first-order chi connectivity index (χ1) is 28.9. The van der Waals surface area contributed by atoms with E-state index in [4.69, 9.17) is 5.11 Å². The third kappa shape index (κ3) is 8.17. The summed E-state index contributed by atoms with van der Waals surface area (Å²) in [6.45, 7) is 6.81. The molecule has 3 atom stereocenters. The van der Waals surface area contributed by atoms with E-state index >= 15 is 0 Å². The van der Waals surface area contributed by atoms with E-state index in [1.54, 1.807) is 0 Å². The van der Waals surface area contributed by atoms with Crippen molar-refractivity contribution < 1.29 is 24.3 Å². The number of amides is 3. The number of anilines is 1. The average molecular weight is 796 g/mol. The number of benzene rings is 4.